The van der Waals surface area contributed by atoms with Crippen molar-refractivity contribution in [2.24, 2.45) is 0 Å². The zero-order valence-electron chi connectivity index (χ0n) is 8.51. The molecular formula is C10H12BrNO3S. The predicted molar refractivity (Wildman–Crippen MR) is 63.5 cm³/mol. The van der Waals surface area contributed by atoms with Crippen LogP contribution in [-0.4, -0.2) is 37.0 Å². The second kappa shape index (κ2) is 4.44. The molecule has 1 fully saturated rings. The summed E-state index contributed by atoms with van der Waals surface area (Å²) in [6.45, 7) is 0.581. The normalized spacial score (nSPS) is 22.5. The second-order valence-corrected chi connectivity index (χ2v) is 6.61. The molecule has 2 rings (SSSR count). The van der Waals surface area contributed by atoms with Crippen LogP contribution in [0, 0.1) is 0 Å². The van der Waals surface area contributed by atoms with Gasteiger partial charge in [0.15, 0.2) is 0 Å². The van der Waals surface area contributed by atoms with Gasteiger partial charge in [-0.1, -0.05) is 15.9 Å². The van der Waals surface area contributed by atoms with E-state index in [0.29, 0.717) is 13.0 Å². The molecule has 1 aliphatic rings. The van der Waals surface area contributed by atoms with Gasteiger partial charge in [0, 0.05) is 17.6 Å². The van der Waals surface area contributed by atoms with Crippen LogP contribution >= 0.6 is 15.9 Å². The molecule has 1 N–H and O–H groups in total. The molecule has 1 heterocycles. The fourth-order valence-corrected chi connectivity index (χ4v) is 3.44. The monoisotopic (exact) mass is 305 g/mol. The number of aliphatic hydroxyl groups excluding tert-OH is 1. The number of hydrogen-bond acceptors (Lipinski definition) is 3. The molecule has 1 aliphatic heterocycles. The third-order valence-electron chi connectivity index (χ3n) is 2.58. The quantitative estimate of drug-likeness (QED) is 0.893. The third-order valence-corrected chi connectivity index (χ3v) is 4.99. The Balaban J connectivity index is 2.29. The van der Waals surface area contributed by atoms with E-state index in [9.17, 15) is 13.5 Å². The lowest BCUT2D eigenvalue weighted by molar-refractivity contribution is 0.189. The van der Waals surface area contributed by atoms with Crippen molar-refractivity contribution < 1.29 is 13.5 Å². The fourth-order valence-electron chi connectivity index (χ4n) is 1.68. The Morgan fingerprint density at radius 3 is 2.44 bits per heavy atom. The van der Waals surface area contributed by atoms with E-state index in [4.69, 9.17) is 0 Å². The van der Waals surface area contributed by atoms with Crippen molar-refractivity contribution in [3.63, 3.8) is 0 Å². The molecule has 16 heavy (non-hydrogen) atoms. The van der Waals surface area contributed by atoms with Crippen molar-refractivity contribution >= 4 is 26.0 Å². The van der Waals surface area contributed by atoms with E-state index in [1.54, 1.807) is 24.3 Å². The number of benzene rings is 1. The minimum Gasteiger partial charge on any atom is -0.392 e. The van der Waals surface area contributed by atoms with Crippen molar-refractivity contribution in [1.29, 1.82) is 0 Å². The zero-order chi connectivity index (χ0) is 11.8. The number of rotatable bonds is 2. The molecule has 1 atom stereocenters. The van der Waals surface area contributed by atoms with Gasteiger partial charge in [0.2, 0.25) is 10.0 Å². The molecule has 0 aliphatic carbocycles. The van der Waals surface area contributed by atoms with Crippen LogP contribution in [0.25, 0.3) is 0 Å². The Kier molecular flexibility index (Phi) is 3.34. The van der Waals surface area contributed by atoms with Gasteiger partial charge in [0.25, 0.3) is 0 Å². The minimum absolute atomic E-state index is 0.193. The molecule has 0 amide bonds. The molecule has 0 spiro atoms. The number of hydrogen-bond donors (Lipinski definition) is 1. The van der Waals surface area contributed by atoms with E-state index in [-0.39, 0.29) is 11.4 Å². The molecule has 88 valence electrons. The van der Waals surface area contributed by atoms with Crippen molar-refractivity contribution in [3.8, 4) is 0 Å². The van der Waals surface area contributed by atoms with Crippen LogP contribution in [-0.2, 0) is 10.0 Å². The van der Waals surface area contributed by atoms with Crippen LogP contribution in [0.3, 0.4) is 0 Å². The number of halogens is 1. The van der Waals surface area contributed by atoms with Crippen molar-refractivity contribution in [3.05, 3.63) is 28.7 Å². The molecule has 6 heteroatoms. The average Bonchev–Trinajstić information content (AvgIpc) is 2.66. The summed E-state index contributed by atoms with van der Waals surface area (Å²) < 4.78 is 26.3. The van der Waals surface area contributed by atoms with Crippen LogP contribution in [0.5, 0.6) is 0 Å². The van der Waals surface area contributed by atoms with Gasteiger partial charge in [-0.25, -0.2) is 8.42 Å². The van der Waals surface area contributed by atoms with Gasteiger partial charge in [-0.2, -0.15) is 4.31 Å². The molecule has 4 nitrogen and oxygen atoms in total. The summed E-state index contributed by atoms with van der Waals surface area (Å²) in [5.41, 5.74) is 0. The first kappa shape index (κ1) is 12.0. The Hall–Kier alpha value is -0.430. The van der Waals surface area contributed by atoms with Crippen LogP contribution in [0.2, 0.25) is 0 Å². The first-order valence-corrected chi connectivity index (χ1v) is 7.17. The van der Waals surface area contributed by atoms with Crippen molar-refractivity contribution in [2.45, 2.75) is 17.4 Å². The molecule has 1 aromatic carbocycles. The van der Waals surface area contributed by atoms with E-state index in [2.05, 4.69) is 15.9 Å². The SMILES string of the molecule is O=S(=O)(c1ccc(Br)cc1)N1CC[C@@H](O)C1. The summed E-state index contributed by atoms with van der Waals surface area (Å²) in [6, 6.07) is 6.51. The van der Waals surface area contributed by atoms with Crippen LogP contribution in [0.4, 0.5) is 0 Å². The average molecular weight is 306 g/mol. The Bertz CT molecular complexity index is 471. The first-order chi connectivity index (χ1) is 7.50. The Labute approximate surface area is 103 Å². The Morgan fingerprint density at radius 1 is 1.31 bits per heavy atom. The number of β-amino-alcohol motifs (C(OH)–C–C–N with tert-alkyl or cyclic N) is 1. The molecule has 0 saturated carbocycles. The number of sulfonamides is 1. The third kappa shape index (κ3) is 2.29. The maximum atomic E-state index is 12.1. The van der Waals surface area contributed by atoms with Crippen molar-refractivity contribution in [1.82, 2.24) is 4.31 Å². The highest BCUT2D eigenvalue weighted by molar-refractivity contribution is 9.10. The van der Waals surface area contributed by atoms with E-state index in [1.807, 2.05) is 0 Å². The molecule has 0 aromatic heterocycles. The van der Waals surface area contributed by atoms with Gasteiger partial charge in [0.1, 0.15) is 0 Å². The fraction of sp³-hybridized carbons (Fsp3) is 0.400. The summed E-state index contributed by atoms with van der Waals surface area (Å²) in [5.74, 6) is 0. The molecule has 0 unspecified atom stereocenters. The van der Waals surface area contributed by atoms with E-state index < -0.39 is 16.1 Å². The maximum absolute atomic E-state index is 12.1. The summed E-state index contributed by atoms with van der Waals surface area (Å²) >= 11 is 3.26. The molecule has 0 radical (unpaired) electrons. The smallest absolute Gasteiger partial charge is 0.243 e. The van der Waals surface area contributed by atoms with Crippen LogP contribution in [0.1, 0.15) is 6.42 Å². The maximum Gasteiger partial charge on any atom is 0.243 e. The second-order valence-electron chi connectivity index (χ2n) is 3.76. The summed E-state index contributed by atoms with van der Waals surface area (Å²) in [4.78, 5) is 0.268. The van der Waals surface area contributed by atoms with Gasteiger partial charge < -0.3 is 5.11 Å². The van der Waals surface area contributed by atoms with E-state index >= 15 is 0 Å². The highest BCUT2D eigenvalue weighted by Gasteiger charge is 2.31. The predicted octanol–water partition coefficient (Wildman–Crippen LogP) is 1.20. The lowest BCUT2D eigenvalue weighted by Gasteiger charge is -2.15. The van der Waals surface area contributed by atoms with Gasteiger partial charge in [-0.3, -0.25) is 0 Å². The van der Waals surface area contributed by atoms with Crippen LogP contribution in [0.15, 0.2) is 33.6 Å². The number of aliphatic hydroxyl groups is 1. The minimum atomic E-state index is -3.44. The van der Waals surface area contributed by atoms with Crippen LogP contribution < -0.4 is 0 Å². The largest absolute Gasteiger partial charge is 0.392 e. The Morgan fingerprint density at radius 2 is 1.94 bits per heavy atom. The lowest BCUT2D eigenvalue weighted by atomic mass is 10.3. The summed E-state index contributed by atoms with van der Waals surface area (Å²) in [5, 5.41) is 9.34. The topological polar surface area (TPSA) is 57.6 Å². The molecule has 1 aromatic rings. The van der Waals surface area contributed by atoms with Crippen molar-refractivity contribution in [2.75, 3.05) is 13.1 Å². The van der Waals surface area contributed by atoms with E-state index in [0.717, 1.165) is 4.47 Å². The highest BCUT2D eigenvalue weighted by atomic mass is 79.9. The summed E-state index contributed by atoms with van der Waals surface area (Å²) in [7, 11) is -3.44. The molecular weight excluding hydrogens is 294 g/mol. The first-order valence-electron chi connectivity index (χ1n) is 4.94. The number of nitrogens with zero attached hydrogens (tertiary/aromatic N) is 1. The van der Waals surface area contributed by atoms with Gasteiger partial charge in [-0.15, -0.1) is 0 Å². The summed E-state index contributed by atoms with van der Waals surface area (Å²) in [6.07, 6.45) is -0.0271. The zero-order valence-corrected chi connectivity index (χ0v) is 10.9. The van der Waals surface area contributed by atoms with Gasteiger partial charge in [0.05, 0.1) is 11.0 Å². The van der Waals surface area contributed by atoms with Gasteiger partial charge >= 0.3 is 0 Å². The standard InChI is InChI=1S/C10H12BrNO3S/c11-8-1-3-10(4-2-8)16(14,15)12-6-5-9(13)7-12/h1-4,9,13H,5-7H2/t9-/m1/s1. The lowest BCUT2D eigenvalue weighted by Crippen LogP contribution is -2.29. The van der Waals surface area contributed by atoms with E-state index in [1.165, 1.54) is 4.31 Å². The molecule has 0 bridgehead atoms. The van der Waals surface area contributed by atoms with Gasteiger partial charge in [-0.05, 0) is 30.7 Å². The molecule has 1 saturated heterocycles. The highest BCUT2D eigenvalue weighted by Crippen LogP contribution is 2.22.